The molecule has 0 saturated heterocycles. The number of benzene rings is 2. The summed E-state index contributed by atoms with van der Waals surface area (Å²) < 4.78 is 1.50. The van der Waals surface area contributed by atoms with E-state index in [4.69, 9.17) is 10.2 Å². The number of aromatic carboxylic acids is 2. The topological polar surface area (TPSA) is 141 Å². The van der Waals surface area contributed by atoms with Crippen LogP contribution in [0.1, 0.15) is 31.1 Å². The predicted molar refractivity (Wildman–Crippen MR) is 94.7 cm³/mol. The fourth-order valence-electron chi connectivity index (χ4n) is 2.40. The van der Waals surface area contributed by atoms with E-state index >= 15 is 0 Å². The minimum Gasteiger partial charge on any atom is -0.478 e. The van der Waals surface area contributed by atoms with E-state index in [0.717, 1.165) is 18.2 Å². The number of aromatic nitrogens is 2. The number of hydrogen-bond acceptors (Lipinski definition) is 4. The van der Waals surface area contributed by atoms with E-state index in [2.05, 4.69) is 10.4 Å². The van der Waals surface area contributed by atoms with Gasteiger partial charge in [0.15, 0.2) is 0 Å². The molecule has 2 aromatic carbocycles. The van der Waals surface area contributed by atoms with Crippen molar-refractivity contribution in [2.45, 2.75) is 0 Å². The van der Waals surface area contributed by atoms with E-state index in [9.17, 15) is 19.2 Å². The second kappa shape index (κ2) is 7.00. The van der Waals surface area contributed by atoms with Gasteiger partial charge in [-0.25, -0.2) is 9.59 Å². The van der Waals surface area contributed by atoms with Crippen LogP contribution < -0.4 is 10.9 Å². The van der Waals surface area contributed by atoms with Gasteiger partial charge in [0.05, 0.1) is 16.8 Å². The molecule has 0 aliphatic carbocycles. The lowest BCUT2D eigenvalue weighted by Crippen LogP contribution is -2.14. The quantitative estimate of drug-likeness (QED) is 0.542. The number of carbonyl (C=O) groups is 3. The maximum atomic E-state index is 12.4. The van der Waals surface area contributed by atoms with Crippen LogP contribution in [0.4, 0.5) is 5.69 Å². The molecule has 1 heterocycles. The van der Waals surface area contributed by atoms with E-state index in [1.807, 2.05) is 0 Å². The van der Waals surface area contributed by atoms with Crippen LogP contribution >= 0.6 is 0 Å². The van der Waals surface area contributed by atoms with Gasteiger partial charge >= 0.3 is 11.9 Å². The van der Waals surface area contributed by atoms with Gasteiger partial charge in [-0.05, 0) is 42.5 Å². The molecule has 3 rings (SSSR count). The maximum Gasteiger partial charge on any atom is 0.335 e. The number of rotatable bonds is 5. The third kappa shape index (κ3) is 3.93. The lowest BCUT2D eigenvalue weighted by molar-refractivity contribution is 0.0696. The Morgan fingerprint density at radius 1 is 0.852 bits per heavy atom. The van der Waals surface area contributed by atoms with Crippen LogP contribution in [0.3, 0.4) is 0 Å². The van der Waals surface area contributed by atoms with Crippen molar-refractivity contribution >= 4 is 23.5 Å². The second-order valence-corrected chi connectivity index (χ2v) is 5.57. The summed E-state index contributed by atoms with van der Waals surface area (Å²) in [5.41, 5.74) is 0.136. The van der Waals surface area contributed by atoms with Gasteiger partial charge in [-0.3, -0.25) is 19.4 Å². The van der Waals surface area contributed by atoms with Crippen molar-refractivity contribution in [2.75, 3.05) is 5.32 Å². The van der Waals surface area contributed by atoms with Gasteiger partial charge in [0.2, 0.25) is 0 Å². The van der Waals surface area contributed by atoms with E-state index in [1.54, 1.807) is 30.5 Å². The molecule has 27 heavy (non-hydrogen) atoms. The van der Waals surface area contributed by atoms with Crippen LogP contribution in [-0.2, 0) is 0 Å². The average molecular weight is 367 g/mol. The van der Waals surface area contributed by atoms with Crippen molar-refractivity contribution in [2.24, 2.45) is 0 Å². The molecule has 0 aliphatic rings. The van der Waals surface area contributed by atoms with Gasteiger partial charge in [-0.15, -0.1) is 0 Å². The first-order chi connectivity index (χ1) is 12.8. The summed E-state index contributed by atoms with van der Waals surface area (Å²) in [5, 5.41) is 23.3. The summed E-state index contributed by atoms with van der Waals surface area (Å²) in [6.45, 7) is 0. The molecule has 0 aliphatic heterocycles. The smallest absolute Gasteiger partial charge is 0.335 e. The normalized spacial score (nSPS) is 10.4. The predicted octanol–water partition coefficient (Wildman–Crippen LogP) is 1.81. The largest absolute Gasteiger partial charge is 0.478 e. The molecule has 0 bridgehead atoms. The fourth-order valence-corrected chi connectivity index (χ4v) is 2.40. The highest BCUT2D eigenvalue weighted by atomic mass is 16.4. The molecule has 1 amide bonds. The van der Waals surface area contributed by atoms with Gasteiger partial charge in [0.25, 0.3) is 11.5 Å². The van der Waals surface area contributed by atoms with Crippen LogP contribution in [0.15, 0.2) is 59.5 Å². The van der Waals surface area contributed by atoms with E-state index in [1.165, 1.54) is 10.7 Å². The van der Waals surface area contributed by atoms with Crippen molar-refractivity contribution in [3.05, 3.63) is 81.8 Å². The molecule has 0 saturated carbocycles. The van der Waals surface area contributed by atoms with Gasteiger partial charge in [-0.1, -0.05) is 0 Å². The van der Waals surface area contributed by atoms with Crippen LogP contribution in [0.2, 0.25) is 0 Å². The lowest BCUT2D eigenvalue weighted by Gasteiger charge is -2.09. The minimum atomic E-state index is -1.34. The van der Waals surface area contributed by atoms with Gasteiger partial charge < -0.3 is 15.5 Å². The Labute approximate surface area is 151 Å². The molecular formula is C18H13N3O6. The zero-order valence-corrected chi connectivity index (χ0v) is 13.7. The first-order valence-corrected chi connectivity index (χ1v) is 7.64. The van der Waals surface area contributed by atoms with Gasteiger partial charge in [-0.2, -0.15) is 0 Å². The van der Waals surface area contributed by atoms with E-state index in [-0.39, 0.29) is 22.2 Å². The van der Waals surface area contributed by atoms with Crippen LogP contribution in [0, 0.1) is 0 Å². The van der Waals surface area contributed by atoms with Gasteiger partial charge in [0, 0.05) is 23.5 Å². The molecular weight excluding hydrogens is 354 g/mol. The Kier molecular flexibility index (Phi) is 4.58. The molecule has 0 fully saturated rings. The van der Waals surface area contributed by atoms with Crippen molar-refractivity contribution in [1.82, 2.24) is 9.78 Å². The summed E-state index contributed by atoms with van der Waals surface area (Å²) in [6, 6.07) is 11.0. The number of anilines is 1. The molecule has 4 N–H and O–H groups in total. The van der Waals surface area contributed by atoms with Crippen molar-refractivity contribution in [3.63, 3.8) is 0 Å². The highest BCUT2D eigenvalue weighted by Gasteiger charge is 2.15. The number of nitrogens with zero attached hydrogens (tertiary/aromatic N) is 1. The Bertz CT molecular complexity index is 1060. The fraction of sp³-hybridized carbons (Fsp3) is 0. The summed E-state index contributed by atoms with van der Waals surface area (Å²) in [7, 11) is 0. The molecule has 9 heteroatoms. The molecule has 0 spiro atoms. The molecule has 0 unspecified atom stereocenters. The number of aromatic amines is 1. The minimum absolute atomic E-state index is 0.0916. The first kappa shape index (κ1) is 17.7. The number of hydrogen-bond donors (Lipinski definition) is 4. The standard InChI is InChI=1S/C18H13N3O6/c22-15-5-6-21(20-15)14-3-1-13(2-4-14)19-16(23)10-7-11(17(24)25)9-12(8-10)18(26)27/h1-9H,(H,19,23)(H,20,22)(H,24,25)(H,26,27). The highest BCUT2D eigenvalue weighted by Crippen LogP contribution is 2.16. The number of carboxylic acid groups (broad SMARTS) is 2. The Hall–Kier alpha value is -4.14. The molecule has 1 aromatic heterocycles. The Balaban J connectivity index is 1.83. The Morgan fingerprint density at radius 3 is 1.89 bits per heavy atom. The van der Waals surface area contributed by atoms with Crippen LogP contribution in [-0.4, -0.2) is 37.8 Å². The number of carbonyl (C=O) groups excluding carboxylic acids is 1. The number of nitrogens with one attached hydrogen (secondary N) is 2. The Morgan fingerprint density at radius 2 is 1.41 bits per heavy atom. The van der Waals surface area contributed by atoms with E-state index < -0.39 is 17.8 Å². The van der Waals surface area contributed by atoms with Crippen LogP contribution in [0.5, 0.6) is 0 Å². The summed E-state index contributed by atoms with van der Waals surface area (Å²) in [5.74, 6) is -3.32. The van der Waals surface area contributed by atoms with Crippen molar-refractivity contribution in [1.29, 1.82) is 0 Å². The second-order valence-electron chi connectivity index (χ2n) is 5.57. The number of H-pyrrole nitrogens is 1. The number of carboxylic acids is 2. The van der Waals surface area contributed by atoms with Crippen molar-refractivity contribution < 1.29 is 24.6 Å². The van der Waals surface area contributed by atoms with E-state index in [0.29, 0.717) is 11.4 Å². The molecule has 9 nitrogen and oxygen atoms in total. The van der Waals surface area contributed by atoms with Gasteiger partial charge in [0.1, 0.15) is 0 Å². The zero-order valence-electron chi connectivity index (χ0n) is 13.7. The average Bonchev–Trinajstić information content (AvgIpc) is 3.08. The SMILES string of the molecule is O=C(O)c1cc(C(=O)O)cc(C(=O)Nc2ccc(-n3ccc(=O)[nH]3)cc2)c1. The molecule has 0 atom stereocenters. The lowest BCUT2D eigenvalue weighted by atomic mass is 10.0. The maximum absolute atomic E-state index is 12.4. The first-order valence-electron chi connectivity index (χ1n) is 7.64. The highest BCUT2D eigenvalue weighted by molar-refractivity contribution is 6.07. The summed E-state index contributed by atoms with van der Waals surface area (Å²) >= 11 is 0. The summed E-state index contributed by atoms with van der Waals surface area (Å²) in [4.78, 5) is 45.8. The molecule has 0 radical (unpaired) electrons. The monoisotopic (exact) mass is 367 g/mol. The molecule has 136 valence electrons. The zero-order chi connectivity index (χ0) is 19.6. The van der Waals surface area contributed by atoms with Crippen molar-refractivity contribution in [3.8, 4) is 5.69 Å². The molecule has 3 aromatic rings. The number of amides is 1. The van der Waals surface area contributed by atoms with Crippen LogP contribution in [0.25, 0.3) is 5.69 Å². The third-order valence-corrected chi connectivity index (χ3v) is 3.70. The summed E-state index contributed by atoms with van der Waals surface area (Å²) in [6.07, 6.45) is 1.56. The third-order valence-electron chi connectivity index (χ3n) is 3.70.